The standard InChI is InChI=1S/C11H11NO3/c1-3-15-11(14)8(2)10(13)9-4-6-12-7-5-9/h3-8H,1H2,2H3. The van der Waals surface area contributed by atoms with Gasteiger partial charge in [0.25, 0.3) is 0 Å². The molecule has 0 saturated heterocycles. The smallest absolute Gasteiger partial charge is 0.321 e. The van der Waals surface area contributed by atoms with E-state index in [9.17, 15) is 9.59 Å². The molecule has 1 aromatic rings. The van der Waals surface area contributed by atoms with Gasteiger partial charge in [0, 0.05) is 18.0 Å². The zero-order chi connectivity index (χ0) is 11.3. The van der Waals surface area contributed by atoms with Gasteiger partial charge in [-0.1, -0.05) is 6.58 Å². The molecule has 0 fully saturated rings. The summed E-state index contributed by atoms with van der Waals surface area (Å²) in [5.74, 6) is -1.72. The van der Waals surface area contributed by atoms with Gasteiger partial charge in [-0.3, -0.25) is 14.6 Å². The van der Waals surface area contributed by atoms with Crippen molar-refractivity contribution in [1.82, 2.24) is 4.98 Å². The van der Waals surface area contributed by atoms with Gasteiger partial charge in [0.15, 0.2) is 5.78 Å². The summed E-state index contributed by atoms with van der Waals surface area (Å²) in [4.78, 5) is 26.7. The van der Waals surface area contributed by atoms with Gasteiger partial charge in [0.05, 0.1) is 6.26 Å². The van der Waals surface area contributed by atoms with Crippen molar-refractivity contribution < 1.29 is 14.3 Å². The Morgan fingerprint density at radius 3 is 2.60 bits per heavy atom. The van der Waals surface area contributed by atoms with E-state index in [0.29, 0.717) is 5.56 Å². The van der Waals surface area contributed by atoms with Crippen molar-refractivity contribution in [1.29, 1.82) is 0 Å². The van der Waals surface area contributed by atoms with Crippen LogP contribution in [0, 0.1) is 5.92 Å². The molecule has 0 aromatic carbocycles. The molecule has 1 rings (SSSR count). The number of hydrogen-bond acceptors (Lipinski definition) is 4. The lowest BCUT2D eigenvalue weighted by molar-refractivity contribution is -0.140. The first-order valence-corrected chi connectivity index (χ1v) is 4.42. The summed E-state index contributed by atoms with van der Waals surface area (Å²) in [6, 6.07) is 3.11. The molecule has 0 radical (unpaired) electrons. The minimum Gasteiger partial charge on any atom is -0.435 e. The van der Waals surface area contributed by atoms with Gasteiger partial charge >= 0.3 is 5.97 Å². The lowest BCUT2D eigenvalue weighted by Crippen LogP contribution is -2.22. The lowest BCUT2D eigenvalue weighted by Gasteiger charge is -2.07. The largest absolute Gasteiger partial charge is 0.435 e. The number of Topliss-reactive ketones (excluding diaryl/α,β-unsaturated/α-hetero) is 1. The molecule has 0 aliphatic heterocycles. The fraction of sp³-hybridized carbons (Fsp3) is 0.182. The maximum absolute atomic E-state index is 11.7. The molecule has 1 atom stereocenters. The van der Waals surface area contributed by atoms with Crippen LogP contribution in [0.15, 0.2) is 37.4 Å². The number of ether oxygens (including phenoxy) is 1. The Morgan fingerprint density at radius 2 is 2.07 bits per heavy atom. The van der Waals surface area contributed by atoms with Crippen LogP contribution in [0.25, 0.3) is 0 Å². The van der Waals surface area contributed by atoms with Gasteiger partial charge in [-0.25, -0.2) is 0 Å². The van der Waals surface area contributed by atoms with Crippen LogP contribution < -0.4 is 0 Å². The summed E-state index contributed by atoms with van der Waals surface area (Å²) in [6.45, 7) is 4.75. The first-order chi connectivity index (χ1) is 7.16. The van der Waals surface area contributed by atoms with Crippen LogP contribution in [-0.4, -0.2) is 16.7 Å². The van der Waals surface area contributed by atoms with Crippen LogP contribution in [0.2, 0.25) is 0 Å². The van der Waals surface area contributed by atoms with E-state index < -0.39 is 11.9 Å². The van der Waals surface area contributed by atoms with Crippen molar-refractivity contribution in [2.75, 3.05) is 0 Å². The molecule has 1 aromatic heterocycles. The zero-order valence-corrected chi connectivity index (χ0v) is 8.34. The number of hydrogen-bond donors (Lipinski definition) is 0. The molecule has 0 amide bonds. The molecule has 0 bridgehead atoms. The highest BCUT2D eigenvalue weighted by Gasteiger charge is 2.23. The van der Waals surface area contributed by atoms with Crippen molar-refractivity contribution in [3.05, 3.63) is 42.9 Å². The second kappa shape index (κ2) is 5.05. The van der Waals surface area contributed by atoms with Crippen LogP contribution >= 0.6 is 0 Å². The molecule has 4 nitrogen and oxygen atoms in total. The van der Waals surface area contributed by atoms with Crippen LogP contribution in [0.3, 0.4) is 0 Å². The summed E-state index contributed by atoms with van der Waals surface area (Å²) >= 11 is 0. The van der Waals surface area contributed by atoms with Crippen molar-refractivity contribution in [3.8, 4) is 0 Å². The van der Waals surface area contributed by atoms with E-state index in [0.717, 1.165) is 6.26 Å². The minimum atomic E-state index is -0.828. The van der Waals surface area contributed by atoms with E-state index in [2.05, 4.69) is 16.3 Å². The molecular weight excluding hydrogens is 194 g/mol. The second-order valence-corrected chi connectivity index (χ2v) is 2.93. The SMILES string of the molecule is C=COC(=O)C(C)C(=O)c1ccncc1. The Bertz CT molecular complexity index is 373. The summed E-state index contributed by atoms with van der Waals surface area (Å²) in [5, 5.41) is 0. The van der Waals surface area contributed by atoms with Crippen molar-refractivity contribution in [2.24, 2.45) is 5.92 Å². The van der Waals surface area contributed by atoms with Crippen LogP contribution in [-0.2, 0) is 9.53 Å². The number of pyridine rings is 1. The molecular formula is C11H11NO3. The van der Waals surface area contributed by atoms with E-state index in [1.807, 2.05) is 0 Å². The fourth-order valence-corrected chi connectivity index (χ4v) is 1.06. The van der Waals surface area contributed by atoms with Gasteiger partial charge < -0.3 is 4.74 Å². The number of ketones is 1. The van der Waals surface area contributed by atoms with Gasteiger partial charge in [-0.2, -0.15) is 0 Å². The highest BCUT2D eigenvalue weighted by atomic mass is 16.5. The number of aromatic nitrogens is 1. The average molecular weight is 205 g/mol. The number of carbonyl (C=O) groups excluding carboxylic acids is 2. The third-order valence-corrected chi connectivity index (χ3v) is 1.91. The van der Waals surface area contributed by atoms with Crippen molar-refractivity contribution >= 4 is 11.8 Å². The van der Waals surface area contributed by atoms with Crippen LogP contribution in [0.1, 0.15) is 17.3 Å². The van der Waals surface area contributed by atoms with E-state index >= 15 is 0 Å². The molecule has 0 aliphatic carbocycles. The predicted octanol–water partition coefficient (Wildman–Crippen LogP) is 1.59. The Labute approximate surface area is 87.6 Å². The van der Waals surface area contributed by atoms with Gasteiger partial charge in [0.2, 0.25) is 0 Å². The van der Waals surface area contributed by atoms with Crippen molar-refractivity contribution in [3.63, 3.8) is 0 Å². The highest BCUT2D eigenvalue weighted by molar-refractivity contribution is 6.08. The first kappa shape index (κ1) is 11.1. The summed E-state index contributed by atoms with van der Waals surface area (Å²) in [6.07, 6.45) is 4.01. The van der Waals surface area contributed by atoms with E-state index in [-0.39, 0.29) is 5.78 Å². The quantitative estimate of drug-likeness (QED) is 0.324. The van der Waals surface area contributed by atoms with Gasteiger partial charge in [0.1, 0.15) is 5.92 Å². The maximum atomic E-state index is 11.7. The Morgan fingerprint density at radius 1 is 1.47 bits per heavy atom. The third kappa shape index (κ3) is 2.74. The average Bonchev–Trinajstić information content (AvgIpc) is 2.28. The molecule has 15 heavy (non-hydrogen) atoms. The summed E-state index contributed by atoms with van der Waals surface area (Å²) in [5.41, 5.74) is 0.443. The fourth-order valence-electron chi connectivity index (χ4n) is 1.06. The van der Waals surface area contributed by atoms with E-state index in [4.69, 9.17) is 0 Å². The highest BCUT2D eigenvalue weighted by Crippen LogP contribution is 2.09. The predicted molar refractivity (Wildman–Crippen MR) is 54.0 cm³/mol. The molecule has 0 spiro atoms. The van der Waals surface area contributed by atoms with Gasteiger partial charge in [-0.05, 0) is 19.1 Å². The molecule has 0 aliphatic rings. The van der Waals surface area contributed by atoms with Crippen LogP contribution in [0.4, 0.5) is 0 Å². The summed E-state index contributed by atoms with van der Waals surface area (Å²) in [7, 11) is 0. The molecule has 0 N–H and O–H groups in total. The van der Waals surface area contributed by atoms with Crippen molar-refractivity contribution in [2.45, 2.75) is 6.92 Å². The lowest BCUT2D eigenvalue weighted by atomic mass is 10.0. The topological polar surface area (TPSA) is 56.3 Å². The Kier molecular flexibility index (Phi) is 3.74. The first-order valence-electron chi connectivity index (χ1n) is 4.42. The number of esters is 1. The number of carbonyl (C=O) groups is 2. The Hall–Kier alpha value is -1.97. The second-order valence-electron chi connectivity index (χ2n) is 2.93. The van der Waals surface area contributed by atoms with Crippen LogP contribution in [0.5, 0.6) is 0 Å². The third-order valence-electron chi connectivity index (χ3n) is 1.91. The van der Waals surface area contributed by atoms with E-state index in [1.54, 1.807) is 12.1 Å². The van der Waals surface area contributed by atoms with E-state index in [1.165, 1.54) is 19.3 Å². The normalized spacial score (nSPS) is 11.5. The molecule has 1 heterocycles. The number of nitrogens with zero attached hydrogens (tertiary/aromatic N) is 1. The monoisotopic (exact) mass is 205 g/mol. The molecule has 1 unspecified atom stereocenters. The maximum Gasteiger partial charge on any atom is 0.321 e. The minimum absolute atomic E-state index is 0.288. The Balaban J connectivity index is 2.77. The molecule has 0 saturated carbocycles. The number of rotatable bonds is 4. The molecule has 78 valence electrons. The van der Waals surface area contributed by atoms with Gasteiger partial charge in [-0.15, -0.1) is 0 Å². The summed E-state index contributed by atoms with van der Waals surface area (Å²) < 4.78 is 4.53. The zero-order valence-electron chi connectivity index (χ0n) is 8.34. The molecule has 4 heteroatoms.